The molecule has 52 heavy (non-hydrogen) atoms. The van der Waals surface area contributed by atoms with Gasteiger partial charge in [0.2, 0.25) is 29.4 Å². The molecule has 2 unspecified atom stereocenters. The Balaban J connectivity index is 1.42. The number of rotatable bonds is 15. The van der Waals surface area contributed by atoms with Crippen molar-refractivity contribution in [2.24, 2.45) is 17.8 Å². The van der Waals surface area contributed by atoms with Gasteiger partial charge in [0.25, 0.3) is 5.91 Å². The molecule has 6 atom stereocenters. The molecule has 284 valence electrons. The Labute approximate surface area is 305 Å². The number of ether oxygens (including phenoxy) is 1. The molecule has 0 spiro atoms. The van der Waals surface area contributed by atoms with Crippen LogP contribution in [-0.4, -0.2) is 102 Å². The van der Waals surface area contributed by atoms with Crippen molar-refractivity contribution < 1.29 is 38.3 Å². The number of likely N-dealkylation sites (tertiary alicyclic amines) is 1. The number of nitrogens with one attached hydrogen (secondary N) is 4. The van der Waals surface area contributed by atoms with Gasteiger partial charge in [-0.05, 0) is 76.2 Å². The van der Waals surface area contributed by atoms with Gasteiger partial charge in [0.15, 0.2) is 0 Å². The lowest BCUT2D eigenvalue weighted by atomic mass is 9.83. The number of Topliss-reactive ketones (excluding diaryl/α,β-unsaturated/α-hetero) is 1. The Bertz CT molecular complexity index is 1500. The van der Waals surface area contributed by atoms with E-state index < -0.39 is 65.9 Å². The van der Waals surface area contributed by atoms with Gasteiger partial charge in [-0.25, -0.2) is 4.79 Å². The Morgan fingerprint density at radius 2 is 1.65 bits per heavy atom. The fourth-order valence-corrected chi connectivity index (χ4v) is 7.11. The molecule has 0 bridgehead atoms. The van der Waals surface area contributed by atoms with Gasteiger partial charge in [0.05, 0.1) is 12.6 Å². The summed E-state index contributed by atoms with van der Waals surface area (Å²) in [4.78, 5) is 96.0. The van der Waals surface area contributed by atoms with Crippen LogP contribution in [0.1, 0.15) is 83.7 Å². The van der Waals surface area contributed by atoms with Crippen molar-refractivity contribution in [3.63, 3.8) is 0 Å². The number of nitrogens with zero attached hydrogens (tertiary/aromatic N) is 2. The minimum absolute atomic E-state index is 0.0702. The molecule has 4 N–H and O–H groups in total. The molecule has 0 radical (unpaired) electrons. The second kappa shape index (κ2) is 17.6. The predicted molar refractivity (Wildman–Crippen MR) is 192 cm³/mol. The van der Waals surface area contributed by atoms with Gasteiger partial charge in [-0.2, -0.15) is 0 Å². The van der Waals surface area contributed by atoms with Crippen molar-refractivity contribution in [3.8, 4) is 0 Å². The lowest BCUT2D eigenvalue weighted by Gasteiger charge is -2.36. The third-order valence-corrected chi connectivity index (χ3v) is 9.81. The minimum atomic E-state index is -1.25. The average Bonchev–Trinajstić information content (AvgIpc) is 3.77. The van der Waals surface area contributed by atoms with Crippen LogP contribution in [0.4, 0.5) is 4.79 Å². The van der Waals surface area contributed by atoms with Gasteiger partial charge in [-0.3, -0.25) is 28.8 Å². The molecular weight excluding hydrogens is 668 g/mol. The molecule has 3 fully saturated rings. The van der Waals surface area contributed by atoms with Gasteiger partial charge in [-0.1, -0.05) is 55.7 Å². The number of hydrogen-bond donors (Lipinski definition) is 4. The summed E-state index contributed by atoms with van der Waals surface area (Å²) in [7, 11) is 3.12. The molecular formula is C38H54N6O8. The van der Waals surface area contributed by atoms with Crippen molar-refractivity contribution in [2.45, 2.75) is 102 Å². The van der Waals surface area contributed by atoms with E-state index in [1.807, 2.05) is 0 Å². The highest BCUT2D eigenvalue weighted by Gasteiger charge is 2.58. The standard InChI is InChI=1S/C38H54N6O8/c1-7-8-19-27(32(46)34(48)39-21-28(45)41-29(35(49)43(5)6)23-15-11-9-12-16-23)40-33(47)31-26-20-25(26)22-44(31)36(50)30(24-17-13-10-14-18-24)42-37(51)52-38(2,3)4/h7,9,11-12,15-16,24-27,29-31H,1,8,10,13-14,17-22H2,2-6H3,(H,39,48)(H,40,47)(H,41,45)(H,42,51)/t25-,26-,27?,29-,30-,31?/m0/s1. The summed E-state index contributed by atoms with van der Waals surface area (Å²) in [6.07, 6.45) is 6.40. The van der Waals surface area contributed by atoms with Gasteiger partial charge < -0.3 is 35.8 Å². The molecule has 14 nitrogen and oxygen atoms in total. The molecule has 4 rings (SSSR count). The van der Waals surface area contributed by atoms with Crippen molar-refractivity contribution in [2.75, 3.05) is 27.2 Å². The lowest BCUT2D eigenvalue weighted by Crippen LogP contribution is -2.59. The van der Waals surface area contributed by atoms with E-state index in [-0.39, 0.29) is 36.0 Å². The van der Waals surface area contributed by atoms with Crippen LogP contribution in [0.15, 0.2) is 43.0 Å². The highest BCUT2D eigenvalue weighted by atomic mass is 16.6. The molecule has 1 aromatic carbocycles. The molecule has 1 saturated heterocycles. The maximum atomic E-state index is 14.2. The second-order valence-corrected chi connectivity index (χ2v) is 15.2. The number of hydrogen-bond acceptors (Lipinski definition) is 8. The molecule has 3 aliphatic rings. The van der Waals surface area contributed by atoms with Crippen LogP contribution in [0.25, 0.3) is 0 Å². The molecule has 1 aromatic rings. The third-order valence-electron chi connectivity index (χ3n) is 9.81. The summed E-state index contributed by atoms with van der Waals surface area (Å²) in [6, 6.07) is 4.63. The number of alkyl carbamates (subject to hydrolysis) is 1. The predicted octanol–water partition coefficient (Wildman–Crippen LogP) is 2.39. The van der Waals surface area contributed by atoms with E-state index >= 15 is 0 Å². The van der Waals surface area contributed by atoms with Crippen LogP contribution in [0.5, 0.6) is 0 Å². The van der Waals surface area contributed by atoms with Crippen LogP contribution >= 0.6 is 0 Å². The summed E-state index contributed by atoms with van der Waals surface area (Å²) in [6.45, 7) is 8.68. The number of fused-ring (bicyclic) bond motifs is 1. The lowest BCUT2D eigenvalue weighted by molar-refractivity contribution is -0.144. The van der Waals surface area contributed by atoms with E-state index in [4.69, 9.17) is 4.74 Å². The summed E-state index contributed by atoms with van der Waals surface area (Å²) in [5, 5.41) is 10.5. The number of likely N-dealkylation sites (N-methyl/N-ethyl adjacent to an activating group) is 1. The highest BCUT2D eigenvalue weighted by molar-refractivity contribution is 6.38. The molecule has 2 saturated carbocycles. The summed E-state index contributed by atoms with van der Waals surface area (Å²) in [5.41, 5.74) is -0.215. The molecule has 6 amide bonds. The van der Waals surface area contributed by atoms with Gasteiger partial charge in [0.1, 0.15) is 23.7 Å². The Morgan fingerprint density at radius 1 is 0.981 bits per heavy atom. The van der Waals surface area contributed by atoms with Crippen molar-refractivity contribution in [1.82, 2.24) is 31.1 Å². The Morgan fingerprint density at radius 3 is 2.27 bits per heavy atom. The molecule has 1 aliphatic heterocycles. The molecule has 1 heterocycles. The number of piperidine rings is 1. The quantitative estimate of drug-likeness (QED) is 0.157. The van der Waals surface area contributed by atoms with E-state index in [2.05, 4.69) is 27.8 Å². The maximum Gasteiger partial charge on any atom is 0.408 e. The minimum Gasteiger partial charge on any atom is -0.444 e. The first-order valence-electron chi connectivity index (χ1n) is 18.2. The summed E-state index contributed by atoms with van der Waals surface area (Å²) in [5.74, 6) is -4.11. The number of benzene rings is 1. The zero-order valence-electron chi connectivity index (χ0n) is 30.9. The summed E-state index contributed by atoms with van der Waals surface area (Å²) >= 11 is 0. The zero-order chi connectivity index (χ0) is 38.2. The fourth-order valence-electron chi connectivity index (χ4n) is 7.11. The fraction of sp³-hybridized carbons (Fsp3) is 0.605. The number of amides is 6. The maximum absolute atomic E-state index is 14.2. The average molecular weight is 723 g/mol. The van der Waals surface area contributed by atoms with Crippen LogP contribution in [0, 0.1) is 17.8 Å². The largest absolute Gasteiger partial charge is 0.444 e. The SMILES string of the molecule is C=CCCC(NC(=O)C1[C@H]2C[C@H]2CN1C(=O)[C@@H](NC(=O)OC(C)(C)C)C1CCCCC1)C(=O)C(=O)NCC(=O)N[C@H](C(=O)N(C)C)c1ccccc1. The van der Waals surface area contributed by atoms with E-state index in [0.717, 1.165) is 38.5 Å². The normalized spacial score (nSPS) is 21.3. The number of ketones is 1. The topological polar surface area (TPSA) is 183 Å². The summed E-state index contributed by atoms with van der Waals surface area (Å²) < 4.78 is 5.48. The third kappa shape index (κ3) is 10.6. The molecule has 0 aromatic heterocycles. The number of allylic oxidation sites excluding steroid dienone is 1. The van der Waals surface area contributed by atoms with Crippen molar-refractivity contribution >= 4 is 41.4 Å². The van der Waals surface area contributed by atoms with Gasteiger partial charge >= 0.3 is 6.09 Å². The first-order chi connectivity index (χ1) is 24.6. The smallest absolute Gasteiger partial charge is 0.408 e. The van der Waals surface area contributed by atoms with Crippen molar-refractivity contribution in [3.05, 3.63) is 48.6 Å². The van der Waals surface area contributed by atoms with E-state index in [0.29, 0.717) is 18.5 Å². The Kier molecular flexibility index (Phi) is 13.6. The highest BCUT2D eigenvalue weighted by Crippen LogP contribution is 2.50. The van der Waals surface area contributed by atoms with Crippen LogP contribution in [0.2, 0.25) is 0 Å². The van der Waals surface area contributed by atoms with E-state index in [1.165, 1.54) is 9.80 Å². The van der Waals surface area contributed by atoms with E-state index in [1.54, 1.807) is 71.3 Å². The Hall–Kier alpha value is -4.75. The van der Waals surface area contributed by atoms with Crippen LogP contribution in [-0.2, 0) is 33.5 Å². The first-order valence-corrected chi connectivity index (χ1v) is 18.2. The van der Waals surface area contributed by atoms with Crippen LogP contribution in [0.3, 0.4) is 0 Å². The van der Waals surface area contributed by atoms with E-state index in [9.17, 15) is 33.6 Å². The van der Waals surface area contributed by atoms with Crippen molar-refractivity contribution in [1.29, 1.82) is 0 Å². The van der Waals surface area contributed by atoms with Gasteiger partial charge in [0, 0.05) is 20.6 Å². The monoisotopic (exact) mass is 722 g/mol. The number of carbonyl (C=O) groups is 7. The van der Waals surface area contributed by atoms with Crippen LogP contribution < -0.4 is 21.3 Å². The molecule has 2 aliphatic carbocycles. The van der Waals surface area contributed by atoms with Gasteiger partial charge in [-0.15, -0.1) is 6.58 Å². The number of carbonyl (C=O) groups excluding carboxylic acids is 7. The zero-order valence-corrected chi connectivity index (χ0v) is 30.9. The second-order valence-electron chi connectivity index (χ2n) is 15.2. The first kappa shape index (κ1) is 40.0. The molecule has 14 heteroatoms.